The van der Waals surface area contributed by atoms with Gasteiger partial charge in [-0.15, -0.1) is 0 Å². The second-order valence-corrected chi connectivity index (χ2v) is 4.92. The summed E-state index contributed by atoms with van der Waals surface area (Å²) in [6, 6.07) is 11.8. The normalized spacial score (nSPS) is 10.6. The number of fused-ring (bicyclic) bond motifs is 1. The van der Waals surface area contributed by atoms with Crippen LogP contribution in [-0.2, 0) is 0 Å². The number of aromatic nitrogens is 2. The van der Waals surface area contributed by atoms with Crippen LogP contribution in [0.3, 0.4) is 0 Å². The fourth-order valence-electron chi connectivity index (χ4n) is 1.94. The Morgan fingerprint density at radius 3 is 2.58 bits per heavy atom. The van der Waals surface area contributed by atoms with Crippen molar-refractivity contribution in [2.75, 3.05) is 0 Å². The van der Waals surface area contributed by atoms with Crippen LogP contribution in [0.1, 0.15) is 5.69 Å². The van der Waals surface area contributed by atoms with Crippen molar-refractivity contribution in [2.24, 2.45) is 0 Å². The smallest absolute Gasteiger partial charge is 0.166 e. The zero-order valence-electron chi connectivity index (χ0n) is 9.64. The van der Waals surface area contributed by atoms with E-state index in [0.29, 0.717) is 11.5 Å². The lowest BCUT2D eigenvalue weighted by Crippen LogP contribution is -1.89. The predicted octanol–water partition coefficient (Wildman–Crippen LogP) is 3.77. The van der Waals surface area contributed by atoms with Crippen molar-refractivity contribution >= 4 is 21.4 Å². The van der Waals surface area contributed by atoms with E-state index in [1.54, 1.807) is 12.1 Å². The Hall–Kier alpha value is -2.19. The molecule has 0 spiro atoms. The second-order valence-electron chi connectivity index (χ2n) is 4.01. The highest BCUT2D eigenvalue weighted by molar-refractivity contribution is 9.10. The molecule has 0 unspecified atom stereocenters. The van der Waals surface area contributed by atoms with Gasteiger partial charge in [0.05, 0.1) is 5.52 Å². The highest BCUT2D eigenvalue weighted by atomic mass is 79.9. The lowest BCUT2D eigenvalue weighted by Gasteiger charge is -2.01. The fraction of sp³-hybridized carbons (Fsp3) is 0. The van der Waals surface area contributed by atoms with Crippen LogP contribution in [0.25, 0.3) is 16.9 Å². The molecule has 1 aromatic carbocycles. The summed E-state index contributed by atoms with van der Waals surface area (Å²) in [5, 5.41) is 9.11. The Morgan fingerprint density at radius 2 is 1.89 bits per heavy atom. The summed E-state index contributed by atoms with van der Waals surface area (Å²) < 4.78 is 15.7. The molecule has 0 radical (unpaired) electrons. The molecule has 0 amide bonds. The van der Waals surface area contributed by atoms with Crippen LogP contribution in [0.2, 0.25) is 0 Å². The largest absolute Gasteiger partial charge is 0.297 e. The highest BCUT2D eigenvalue weighted by Crippen LogP contribution is 2.24. The van der Waals surface area contributed by atoms with Crippen LogP contribution in [0, 0.1) is 17.1 Å². The molecular formula is C14H7BrFN3. The van der Waals surface area contributed by atoms with E-state index < -0.39 is 0 Å². The van der Waals surface area contributed by atoms with E-state index in [-0.39, 0.29) is 5.82 Å². The van der Waals surface area contributed by atoms with Gasteiger partial charge >= 0.3 is 0 Å². The van der Waals surface area contributed by atoms with E-state index >= 15 is 0 Å². The van der Waals surface area contributed by atoms with Gasteiger partial charge in [0, 0.05) is 16.2 Å². The minimum atomic E-state index is -0.300. The fourth-order valence-corrected chi connectivity index (χ4v) is 2.28. The Bertz CT molecular complexity index is 800. The van der Waals surface area contributed by atoms with E-state index in [1.807, 2.05) is 22.7 Å². The van der Waals surface area contributed by atoms with E-state index in [0.717, 1.165) is 15.6 Å². The first-order valence-corrected chi connectivity index (χ1v) is 6.32. The molecule has 3 nitrogen and oxygen atoms in total. The van der Waals surface area contributed by atoms with Crippen molar-refractivity contribution in [3.05, 3.63) is 58.6 Å². The molecule has 2 aromatic heterocycles. The number of imidazole rings is 1. The molecule has 19 heavy (non-hydrogen) atoms. The average molecular weight is 316 g/mol. The number of hydrogen-bond donors (Lipinski definition) is 0. The van der Waals surface area contributed by atoms with Gasteiger partial charge in [0.2, 0.25) is 0 Å². The van der Waals surface area contributed by atoms with Crippen molar-refractivity contribution in [1.29, 1.82) is 5.26 Å². The minimum Gasteiger partial charge on any atom is -0.297 e. The maximum Gasteiger partial charge on any atom is 0.166 e. The van der Waals surface area contributed by atoms with Crippen LogP contribution in [0.4, 0.5) is 4.39 Å². The van der Waals surface area contributed by atoms with Crippen LogP contribution < -0.4 is 0 Å². The molecule has 0 N–H and O–H groups in total. The van der Waals surface area contributed by atoms with Gasteiger partial charge in [-0.3, -0.25) is 4.40 Å². The SMILES string of the molecule is N#Cc1nc(-c2ccc(F)cc2)n2cc(Br)ccc12. The lowest BCUT2D eigenvalue weighted by molar-refractivity contribution is 0.628. The number of nitriles is 1. The van der Waals surface area contributed by atoms with Crippen molar-refractivity contribution in [2.45, 2.75) is 0 Å². The Morgan fingerprint density at radius 1 is 1.16 bits per heavy atom. The van der Waals surface area contributed by atoms with E-state index in [2.05, 4.69) is 27.0 Å². The molecular weight excluding hydrogens is 309 g/mol. The van der Waals surface area contributed by atoms with Gasteiger partial charge in [-0.05, 0) is 52.3 Å². The van der Waals surface area contributed by atoms with Crippen molar-refractivity contribution in [1.82, 2.24) is 9.38 Å². The first-order chi connectivity index (χ1) is 9.19. The molecule has 3 rings (SSSR count). The van der Waals surface area contributed by atoms with Crippen LogP contribution in [0.5, 0.6) is 0 Å². The topological polar surface area (TPSA) is 41.1 Å². The van der Waals surface area contributed by atoms with E-state index in [1.165, 1.54) is 12.1 Å². The summed E-state index contributed by atoms with van der Waals surface area (Å²) >= 11 is 3.39. The zero-order chi connectivity index (χ0) is 13.4. The van der Waals surface area contributed by atoms with Crippen molar-refractivity contribution < 1.29 is 4.39 Å². The zero-order valence-corrected chi connectivity index (χ0v) is 11.2. The second kappa shape index (κ2) is 4.48. The van der Waals surface area contributed by atoms with Crippen molar-refractivity contribution in [3.8, 4) is 17.5 Å². The summed E-state index contributed by atoms with van der Waals surface area (Å²) in [5.41, 5.74) is 1.84. The maximum absolute atomic E-state index is 13.0. The van der Waals surface area contributed by atoms with E-state index in [4.69, 9.17) is 5.26 Å². The van der Waals surface area contributed by atoms with Crippen LogP contribution in [-0.4, -0.2) is 9.38 Å². The highest BCUT2D eigenvalue weighted by Gasteiger charge is 2.12. The Balaban J connectivity index is 2.32. The summed E-state index contributed by atoms with van der Waals surface area (Å²) in [6.07, 6.45) is 1.84. The molecule has 0 atom stereocenters. The number of benzene rings is 1. The minimum absolute atomic E-state index is 0.300. The van der Waals surface area contributed by atoms with Crippen LogP contribution >= 0.6 is 15.9 Å². The Labute approximate surface area is 117 Å². The molecule has 0 bridgehead atoms. The molecule has 0 aliphatic rings. The first-order valence-electron chi connectivity index (χ1n) is 5.52. The molecule has 92 valence electrons. The average Bonchev–Trinajstić information content (AvgIpc) is 2.77. The quantitative estimate of drug-likeness (QED) is 0.685. The number of hydrogen-bond acceptors (Lipinski definition) is 2. The molecule has 3 aromatic rings. The maximum atomic E-state index is 13.0. The summed E-state index contributed by atoms with van der Waals surface area (Å²) in [6.45, 7) is 0. The molecule has 0 aliphatic carbocycles. The van der Waals surface area contributed by atoms with Crippen LogP contribution in [0.15, 0.2) is 47.1 Å². The van der Waals surface area contributed by atoms with Gasteiger partial charge in [-0.1, -0.05) is 0 Å². The molecule has 0 saturated carbocycles. The molecule has 0 fully saturated rings. The third-order valence-electron chi connectivity index (χ3n) is 2.81. The van der Waals surface area contributed by atoms with Gasteiger partial charge in [-0.25, -0.2) is 9.37 Å². The molecule has 0 saturated heterocycles. The van der Waals surface area contributed by atoms with Gasteiger partial charge < -0.3 is 0 Å². The molecule has 2 heterocycles. The summed E-state index contributed by atoms with van der Waals surface area (Å²) in [5.74, 6) is 0.319. The first kappa shape index (κ1) is 11.9. The lowest BCUT2D eigenvalue weighted by atomic mass is 10.2. The number of nitrogens with zero attached hydrogens (tertiary/aromatic N) is 3. The molecule has 5 heteroatoms. The van der Waals surface area contributed by atoms with Gasteiger partial charge in [0.1, 0.15) is 17.7 Å². The summed E-state index contributed by atoms with van der Waals surface area (Å²) in [7, 11) is 0. The molecule has 0 aliphatic heterocycles. The Kier molecular flexibility index (Phi) is 2.80. The van der Waals surface area contributed by atoms with E-state index in [9.17, 15) is 4.39 Å². The third kappa shape index (κ3) is 2.00. The van der Waals surface area contributed by atoms with Crippen molar-refractivity contribution in [3.63, 3.8) is 0 Å². The van der Waals surface area contributed by atoms with Gasteiger partial charge in [0.15, 0.2) is 5.69 Å². The number of rotatable bonds is 1. The standard InChI is InChI=1S/C14H7BrFN3/c15-10-3-6-13-12(7-17)18-14(19(13)8-10)9-1-4-11(16)5-2-9/h1-6,8H. The number of halogens is 2. The number of pyridine rings is 1. The monoisotopic (exact) mass is 315 g/mol. The summed E-state index contributed by atoms with van der Waals surface area (Å²) in [4.78, 5) is 4.31. The van der Waals surface area contributed by atoms with Gasteiger partial charge in [0.25, 0.3) is 0 Å². The van der Waals surface area contributed by atoms with Gasteiger partial charge in [-0.2, -0.15) is 5.26 Å². The predicted molar refractivity (Wildman–Crippen MR) is 73.0 cm³/mol. The third-order valence-corrected chi connectivity index (χ3v) is 3.28.